The van der Waals surface area contributed by atoms with E-state index in [0.29, 0.717) is 17.9 Å². The molecular formula is C31H30N4O9S3. The number of hydrogen-bond acceptors (Lipinski definition) is 10. The number of nitrogens with one attached hydrogen (secondary N) is 2. The lowest BCUT2D eigenvalue weighted by Crippen LogP contribution is -2.42. The minimum atomic E-state index is -3.88. The molecule has 246 valence electrons. The number of carboxylic acid groups (broad SMARTS) is 1. The molecule has 1 aromatic heterocycles. The number of ether oxygens (including phenoxy) is 1. The number of likely N-dealkylation sites (tertiary alicyclic amines) is 1. The van der Waals surface area contributed by atoms with Gasteiger partial charge in [-0.2, -0.15) is 0 Å². The lowest BCUT2D eigenvalue weighted by molar-refractivity contribution is -0.142. The first-order chi connectivity index (χ1) is 22.4. The minimum absolute atomic E-state index is 0.0450. The Morgan fingerprint density at radius 3 is 2.45 bits per heavy atom. The molecule has 2 aliphatic heterocycles. The molecule has 7 rings (SSSR count). The molecule has 0 radical (unpaired) electrons. The minimum Gasteiger partial charge on any atom is -0.483 e. The van der Waals surface area contributed by atoms with Crippen molar-refractivity contribution in [1.82, 2.24) is 9.88 Å². The summed E-state index contributed by atoms with van der Waals surface area (Å²) in [4.78, 5) is 68.5. The van der Waals surface area contributed by atoms with E-state index in [2.05, 4.69) is 10.3 Å². The van der Waals surface area contributed by atoms with E-state index >= 15 is 0 Å². The smallest absolute Gasteiger partial charge is 0.305 e. The van der Waals surface area contributed by atoms with Crippen molar-refractivity contribution in [2.45, 2.75) is 40.4 Å². The number of nitrogens with two attached hydrogens (primary N) is 1. The first kappa shape index (κ1) is 31.6. The number of para-hydroxylation sites is 1. The third-order valence-corrected chi connectivity index (χ3v) is 13.2. The molecule has 2 bridgehead atoms. The second kappa shape index (κ2) is 11.9. The van der Waals surface area contributed by atoms with Gasteiger partial charge in [-0.1, -0.05) is 29.5 Å². The van der Waals surface area contributed by atoms with Crippen molar-refractivity contribution in [2.75, 3.05) is 18.5 Å². The lowest BCUT2D eigenvalue weighted by Gasteiger charge is -2.43. The highest BCUT2D eigenvalue weighted by molar-refractivity contribution is 8.00. The van der Waals surface area contributed by atoms with Gasteiger partial charge in [0.05, 0.1) is 21.8 Å². The summed E-state index contributed by atoms with van der Waals surface area (Å²) in [5.74, 6) is -3.08. The Hall–Kier alpha value is -3.99. The van der Waals surface area contributed by atoms with Gasteiger partial charge >= 0.3 is 10.8 Å². The molecule has 5 N–H and O–H groups in total. The van der Waals surface area contributed by atoms with E-state index in [9.17, 15) is 32.4 Å². The van der Waals surface area contributed by atoms with Gasteiger partial charge in [-0.25, -0.2) is 13.6 Å². The van der Waals surface area contributed by atoms with Crippen molar-refractivity contribution >= 4 is 62.5 Å². The number of hydrogen-bond donors (Lipinski definition) is 4. The first-order valence-corrected chi connectivity index (χ1v) is 18.3. The number of nitrogens with zero attached hydrogens (tertiary/aromatic N) is 1. The van der Waals surface area contributed by atoms with E-state index in [1.807, 2.05) is 12.1 Å². The van der Waals surface area contributed by atoms with Crippen molar-refractivity contribution in [3.05, 3.63) is 68.6 Å². The van der Waals surface area contributed by atoms with Gasteiger partial charge in [0.15, 0.2) is 6.61 Å². The SMILES string of the molecule is NS(=O)(=O)c1ccc(NC(=O)COc2ccccc2[C@H]2c3sc(=O)[nH]c3SC3C4CC(C5C(=O)N(CCCC(=O)O)C(=O)C45)C32)cc1. The van der Waals surface area contributed by atoms with Gasteiger partial charge in [-0.15, -0.1) is 11.8 Å². The summed E-state index contributed by atoms with van der Waals surface area (Å²) in [7, 11) is -3.88. The maximum Gasteiger partial charge on any atom is 0.305 e. The maximum atomic E-state index is 13.7. The quantitative estimate of drug-likeness (QED) is 0.228. The Labute approximate surface area is 276 Å². The normalized spacial score (nSPS) is 27.3. The van der Waals surface area contributed by atoms with Crippen LogP contribution in [0.25, 0.3) is 0 Å². The lowest BCUT2D eigenvalue weighted by atomic mass is 9.68. The Morgan fingerprint density at radius 1 is 1.04 bits per heavy atom. The molecule has 2 aromatic carbocycles. The number of carbonyl (C=O) groups is 4. The average Bonchev–Trinajstić information content (AvgIpc) is 3.76. The van der Waals surface area contributed by atoms with Crippen LogP contribution in [0.15, 0.2) is 63.2 Å². The monoisotopic (exact) mass is 698 g/mol. The molecular weight excluding hydrogens is 669 g/mol. The third kappa shape index (κ3) is 5.56. The van der Waals surface area contributed by atoms with Crippen molar-refractivity contribution in [2.24, 2.45) is 34.7 Å². The van der Waals surface area contributed by atoms with Gasteiger partial charge in [-0.05, 0) is 60.9 Å². The zero-order valence-corrected chi connectivity index (χ0v) is 27.1. The molecule has 6 unspecified atom stereocenters. The second-order valence-electron chi connectivity index (χ2n) is 12.2. The number of thioether (sulfide) groups is 1. The number of thiazole rings is 1. The van der Waals surface area contributed by atoms with Crippen LogP contribution in [0, 0.1) is 29.6 Å². The van der Waals surface area contributed by atoms with Gasteiger partial charge in [0.2, 0.25) is 21.8 Å². The van der Waals surface area contributed by atoms with Crippen LogP contribution in [-0.2, 0) is 29.2 Å². The van der Waals surface area contributed by atoms with Crippen LogP contribution in [0.4, 0.5) is 5.69 Å². The summed E-state index contributed by atoms with van der Waals surface area (Å²) in [6.07, 6.45) is 0.767. The molecule has 2 saturated carbocycles. The number of benzene rings is 2. The van der Waals surface area contributed by atoms with E-state index in [1.165, 1.54) is 29.2 Å². The molecule has 3 aromatic rings. The predicted molar refractivity (Wildman–Crippen MR) is 170 cm³/mol. The Kier molecular flexibility index (Phi) is 8.01. The number of primary sulfonamides is 1. The molecule has 13 nitrogen and oxygen atoms in total. The van der Waals surface area contributed by atoms with Crippen LogP contribution in [0.1, 0.15) is 35.6 Å². The number of aromatic amines is 1. The average molecular weight is 699 g/mol. The third-order valence-electron chi connectivity index (χ3n) is 9.67. The van der Waals surface area contributed by atoms with Crippen LogP contribution >= 0.6 is 23.1 Å². The number of H-pyrrole nitrogens is 1. The topological polar surface area (TPSA) is 206 Å². The summed E-state index contributed by atoms with van der Waals surface area (Å²) in [5.41, 5.74) is 1.13. The number of amides is 3. The number of aromatic nitrogens is 1. The molecule has 47 heavy (non-hydrogen) atoms. The second-order valence-corrected chi connectivity index (χ2v) is 16.0. The van der Waals surface area contributed by atoms with E-state index in [4.69, 9.17) is 15.0 Å². The standard InChI is InChI=1S/C31H30N4O9S3/c32-47(42,43)15-9-7-14(8-10-15)33-20(36)13-44-19-5-2-1-4-16(19)22-23-17-12-18(26(23)45-28-27(22)46-31(41)34-28)25-24(17)29(39)35(30(25)40)11-3-6-21(37)38/h1-2,4-5,7-10,17-18,22-26H,3,6,11-13H2,(H,33,36)(H,34,41)(H,37,38)(H2,32,42,43)/t17?,18?,22-,23?,24?,25?,26?/m1/s1. The number of fused-ring (bicyclic) bond motifs is 9. The van der Waals surface area contributed by atoms with E-state index in [1.54, 1.807) is 23.9 Å². The predicted octanol–water partition coefficient (Wildman–Crippen LogP) is 2.44. The van der Waals surface area contributed by atoms with E-state index in [0.717, 1.165) is 26.8 Å². The number of carbonyl (C=O) groups excluding carboxylic acids is 3. The highest BCUT2D eigenvalue weighted by Gasteiger charge is 2.69. The molecule has 3 fully saturated rings. The van der Waals surface area contributed by atoms with Gasteiger partial charge in [0, 0.05) is 40.3 Å². The molecule has 3 heterocycles. The summed E-state index contributed by atoms with van der Waals surface area (Å²) in [6.45, 7) is -0.271. The number of anilines is 1. The van der Waals surface area contributed by atoms with E-state index in [-0.39, 0.29) is 76.5 Å². The zero-order valence-electron chi connectivity index (χ0n) is 24.7. The maximum absolute atomic E-state index is 13.7. The fourth-order valence-electron chi connectivity index (χ4n) is 7.97. The molecule has 0 spiro atoms. The van der Waals surface area contributed by atoms with E-state index < -0.39 is 33.7 Å². The largest absolute Gasteiger partial charge is 0.483 e. The number of imide groups is 1. The zero-order chi connectivity index (χ0) is 33.2. The molecule has 3 amide bonds. The molecule has 7 atom stereocenters. The molecule has 1 saturated heterocycles. The fourth-order valence-corrected chi connectivity index (χ4v) is 11.4. The highest BCUT2D eigenvalue weighted by Crippen LogP contribution is 2.69. The van der Waals surface area contributed by atoms with Gasteiger partial charge in [0.1, 0.15) is 5.75 Å². The van der Waals surface area contributed by atoms with Gasteiger partial charge in [0.25, 0.3) is 5.91 Å². The van der Waals surface area contributed by atoms with Crippen molar-refractivity contribution in [1.29, 1.82) is 0 Å². The fraction of sp³-hybridized carbons (Fsp3) is 0.387. The van der Waals surface area contributed by atoms with Crippen molar-refractivity contribution in [3.8, 4) is 5.75 Å². The van der Waals surface area contributed by atoms with Crippen LogP contribution in [0.5, 0.6) is 5.75 Å². The Bertz CT molecular complexity index is 1960. The van der Waals surface area contributed by atoms with Crippen LogP contribution in [0.3, 0.4) is 0 Å². The molecule has 2 aliphatic carbocycles. The van der Waals surface area contributed by atoms with Crippen molar-refractivity contribution < 1.29 is 37.4 Å². The Morgan fingerprint density at radius 2 is 1.74 bits per heavy atom. The Balaban J connectivity index is 1.15. The number of aliphatic carboxylic acids is 1. The highest BCUT2D eigenvalue weighted by atomic mass is 32.2. The van der Waals surface area contributed by atoms with Crippen molar-refractivity contribution in [3.63, 3.8) is 0 Å². The van der Waals surface area contributed by atoms with Crippen LogP contribution in [0.2, 0.25) is 0 Å². The van der Waals surface area contributed by atoms with Gasteiger partial charge < -0.3 is 20.1 Å². The van der Waals surface area contributed by atoms with Crippen LogP contribution < -0.4 is 20.1 Å². The summed E-state index contributed by atoms with van der Waals surface area (Å²) in [6, 6.07) is 12.7. The molecule has 4 aliphatic rings. The summed E-state index contributed by atoms with van der Waals surface area (Å²) < 4.78 is 29.1. The summed E-state index contributed by atoms with van der Waals surface area (Å²) in [5, 5.41) is 17.6. The number of rotatable bonds is 10. The van der Waals surface area contributed by atoms with Gasteiger partial charge in [-0.3, -0.25) is 28.9 Å². The van der Waals surface area contributed by atoms with Crippen LogP contribution in [-0.4, -0.2) is 65.5 Å². The number of carboxylic acids is 1. The summed E-state index contributed by atoms with van der Waals surface area (Å²) >= 11 is 2.67. The molecule has 16 heteroatoms. The first-order valence-electron chi connectivity index (χ1n) is 15.0. The number of sulfonamides is 1.